The number of Topliss-reactive ketones (excluding diaryl/α,β-unsaturated/α-hetero) is 1. The minimum Gasteiger partial charge on any atom is -0.287 e. The van der Waals surface area contributed by atoms with Crippen LogP contribution in [0, 0.1) is 0 Å². The number of nitrogens with one attached hydrogen (secondary N) is 1. The molecule has 1 aromatic carbocycles. The van der Waals surface area contributed by atoms with Crippen molar-refractivity contribution in [2.75, 3.05) is 0 Å². The highest BCUT2D eigenvalue weighted by molar-refractivity contribution is 6.35. The molecule has 0 unspecified atom stereocenters. The summed E-state index contributed by atoms with van der Waals surface area (Å²) in [6.45, 7) is 0. The van der Waals surface area contributed by atoms with Crippen LogP contribution in [0.15, 0.2) is 89.2 Å². The number of carbonyl (C=O) groups excluding carboxylic acids is 1. The first-order chi connectivity index (χ1) is 12.3. The number of aromatic nitrogens is 2. The van der Waals surface area contributed by atoms with Crippen LogP contribution in [0.25, 0.3) is 0 Å². The average Bonchev–Trinajstić information content (AvgIpc) is 2.69. The van der Waals surface area contributed by atoms with Gasteiger partial charge in [-0.1, -0.05) is 42.5 Å². The summed E-state index contributed by atoms with van der Waals surface area (Å²) >= 11 is 0. The number of rotatable bonds is 5. The average molecular weight is 329 g/mol. The Labute approximate surface area is 145 Å². The minimum atomic E-state index is -0.202. The summed E-state index contributed by atoms with van der Waals surface area (Å²) < 4.78 is 0. The molecule has 2 aromatic heterocycles. The van der Waals surface area contributed by atoms with Gasteiger partial charge in [0.15, 0.2) is 11.7 Å². The Balaban J connectivity index is 1.80. The number of nitrogens with zero attached hydrogens (tertiary/aromatic N) is 4. The molecule has 0 saturated heterocycles. The molecule has 3 rings (SSSR count). The fourth-order valence-electron chi connectivity index (χ4n) is 2.01. The van der Waals surface area contributed by atoms with E-state index in [0.717, 1.165) is 0 Å². The summed E-state index contributed by atoms with van der Waals surface area (Å²) in [5, 5.41) is 4.00. The van der Waals surface area contributed by atoms with E-state index in [4.69, 9.17) is 0 Å². The van der Waals surface area contributed by atoms with Gasteiger partial charge in [-0.3, -0.25) is 15.2 Å². The fourth-order valence-corrected chi connectivity index (χ4v) is 2.01. The number of ketones is 1. The quantitative estimate of drug-likeness (QED) is 0.338. The van der Waals surface area contributed by atoms with Gasteiger partial charge in [0.05, 0.1) is 6.21 Å². The zero-order valence-corrected chi connectivity index (χ0v) is 13.3. The number of hydrogen-bond donors (Lipinski definition) is 1. The molecule has 0 spiro atoms. The van der Waals surface area contributed by atoms with Crippen LogP contribution in [-0.2, 0) is 0 Å². The first kappa shape index (κ1) is 16.2. The van der Waals surface area contributed by atoms with Gasteiger partial charge < -0.3 is 0 Å². The van der Waals surface area contributed by atoms with E-state index in [1.165, 1.54) is 6.21 Å². The molecule has 0 radical (unpaired) electrons. The molecule has 0 amide bonds. The second-order valence-corrected chi connectivity index (χ2v) is 4.96. The van der Waals surface area contributed by atoms with E-state index in [0.29, 0.717) is 22.9 Å². The highest BCUT2D eigenvalue weighted by Crippen LogP contribution is 2.07. The monoisotopic (exact) mass is 329 g/mol. The number of amidine groups is 1. The van der Waals surface area contributed by atoms with Gasteiger partial charge in [-0.25, -0.2) is 9.98 Å². The molecule has 122 valence electrons. The van der Waals surface area contributed by atoms with Gasteiger partial charge in [-0.15, -0.1) is 0 Å². The van der Waals surface area contributed by atoms with Crippen LogP contribution in [0.5, 0.6) is 0 Å². The van der Waals surface area contributed by atoms with E-state index in [-0.39, 0.29) is 5.78 Å². The first-order valence-corrected chi connectivity index (χ1v) is 7.62. The smallest absolute Gasteiger partial charge is 0.205 e. The number of carbonyl (C=O) groups is 1. The zero-order valence-electron chi connectivity index (χ0n) is 13.3. The molecule has 0 fully saturated rings. The summed E-state index contributed by atoms with van der Waals surface area (Å²) in [4.78, 5) is 24.9. The van der Waals surface area contributed by atoms with Gasteiger partial charge in [-0.2, -0.15) is 5.10 Å². The molecule has 25 heavy (non-hydrogen) atoms. The van der Waals surface area contributed by atoms with Crippen LogP contribution in [0.1, 0.15) is 16.1 Å². The maximum atomic E-state index is 12.1. The molecule has 3 aromatic rings. The highest BCUT2D eigenvalue weighted by Gasteiger charge is 2.05. The number of hydrazone groups is 1. The Bertz CT molecular complexity index is 877. The van der Waals surface area contributed by atoms with E-state index < -0.39 is 0 Å². The number of hydrogen-bond acceptors (Lipinski definition) is 5. The van der Waals surface area contributed by atoms with Crippen LogP contribution >= 0.6 is 0 Å². The Hall–Kier alpha value is -3.67. The standard InChI is InChI=1S/C19H15N5O/c25-17(15-8-2-1-3-9-15)14-22-24-19(16-10-4-6-12-20-16)23-18-11-5-7-13-21-18/h1-14H,(H,21,23,24)/b22-14-. The molecule has 2 heterocycles. The van der Waals surface area contributed by atoms with Gasteiger partial charge in [0.2, 0.25) is 5.78 Å². The lowest BCUT2D eigenvalue weighted by Gasteiger charge is -2.04. The van der Waals surface area contributed by atoms with E-state index in [1.807, 2.05) is 30.3 Å². The van der Waals surface area contributed by atoms with Gasteiger partial charge in [0.25, 0.3) is 0 Å². The van der Waals surface area contributed by atoms with Crippen LogP contribution in [-0.4, -0.2) is 27.8 Å². The van der Waals surface area contributed by atoms with Crippen molar-refractivity contribution >= 4 is 23.7 Å². The van der Waals surface area contributed by atoms with E-state index in [2.05, 4.69) is 25.5 Å². The summed E-state index contributed by atoms with van der Waals surface area (Å²) in [6, 6.07) is 19.8. The molecule has 0 atom stereocenters. The third-order valence-corrected chi connectivity index (χ3v) is 3.19. The Morgan fingerprint density at radius 3 is 2.28 bits per heavy atom. The molecule has 0 bridgehead atoms. The third-order valence-electron chi connectivity index (χ3n) is 3.19. The van der Waals surface area contributed by atoms with Crippen LogP contribution in [0.2, 0.25) is 0 Å². The SMILES string of the molecule is O=C(/C=N\N/C(=N/c1ccccn1)c1ccccn1)c1ccccc1. The van der Waals surface area contributed by atoms with Crippen LogP contribution in [0.4, 0.5) is 5.82 Å². The molecule has 0 aliphatic rings. The van der Waals surface area contributed by atoms with Crippen LogP contribution < -0.4 is 5.43 Å². The lowest BCUT2D eigenvalue weighted by atomic mass is 10.1. The fraction of sp³-hybridized carbons (Fsp3) is 0. The lowest BCUT2D eigenvalue weighted by molar-refractivity contribution is 0.107. The predicted octanol–water partition coefficient (Wildman–Crippen LogP) is 3.01. The van der Waals surface area contributed by atoms with Crippen LogP contribution in [0.3, 0.4) is 0 Å². The van der Waals surface area contributed by atoms with Crippen molar-refractivity contribution < 1.29 is 4.79 Å². The minimum absolute atomic E-state index is 0.202. The predicted molar refractivity (Wildman–Crippen MR) is 97.1 cm³/mol. The third kappa shape index (κ3) is 4.65. The second kappa shape index (κ2) is 8.26. The van der Waals surface area contributed by atoms with Crippen molar-refractivity contribution in [2.24, 2.45) is 10.1 Å². The first-order valence-electron chi connectivity index (χ1n) is 7.62. The van der Waals surface area contributed by atoms with Gasteiger partial charge in [0, 0.05) is 18.0 Å². The van der Waals surface area contributed by atoms with Crippen molar-refractivity contribution in [3.05, 3.63) is 90.4 Å². The van der Waals surface area contributed by atoms with E-state index in [1.54, 1.807) is 48.8 Å². The molecular weight excluding hydrogens is 314 g/mol. The van der Waals surface area contributed by atoms with Gasteiger partial charge >= 0.3 is 0 Å². The topological polar surface area (TPSA) is 79.6 Å². The molecule has 1 N–H and O–H groups in total. The summed E-state index contributed by atoms with van der Waals surface area (Å²) in [7, 11) is 0. The second-order valence-electron chi connectivity index (χ2n) is 4.96. The largest absolute Gasteiger partial charge is 0.287 e. The molecule has 6 nitrogen and oxygen atoms in total. The summed E-state index contributed by atoms with van der Waals surface area (Å²) in [5.41, 5.74) is 3.94. The maximum absolute atomic E-state index is 12.1. The van der Waals surface area contributed by atoms with Crippen molar-refractivity contribution in [3.8, 4) is 0 Å². The zero-order chi connectivity index (χ0) is 17.3. The van der Waals surface area contributed by atoms with E-state index >= 15 is 0 Å². The number of benzene rings is 1. The molecule has 0 aliphatic carbocycles. The Kier molecular flexibility index (Phi) is 5.35. The summed E-state index contributed by atoms with van der Waals surface area (Å²) in [6.07, 6.45) is 4.52. The lowest BCUT2D eigenvalue weighted by Crippen LogP contribution is -2.21. The molecular formula is C19H15N5O. The Morgan fingerprint density at radius 1 is 0.880 bits per heavy atom. The number of aliphatic imine (C=N–C) groups is 1. The van der Waals surface area contributed by atoms with Crippen molar-refractivity contribution in [3.63, 3.8) is 0 Å². The molecule has 6 heteroatoms. The van der Waals surface area contributed by atoms with E-state index in [9.17, 15) is 4.79 Å². The number of pyridine rings is 2. The maximum Gasteiger partial charge on any atom is 0.205 e. The van der Waals surface area contributed by atoms with Gasteiger partial charge in [-0.05, 0) is 24.3 Å². The van der Waals surface area contributed by atoms with Crippen molar-refractivity contribution in [1.82, 2.24) is 15.4 Å². The van der Waals surface area contributed by atoms with Crippen molar-refractivity contribution in [1.29, 1.82) is 0 Å². The highest BCUT2D eigenvalue weighted by atomic mass is 16.1. The molecule has 0 saturated carbocycles. The Morgan fingerprint density at radius 2 is 1.60 bits per heavy atom. The van der Waals surface area contributed by atoms with Crippen molar-refractivity contribution in [2.45, 2.75) is 0 Å². The summed E-state index contributed by atoms with van der Waals surface area (Å²) in [5.74, 6) is 0.711. The van der Waals surface area contributed by atoms with Gasteiger partial charge in [0.1, 0.15) is 5.69 Å². The molecule has 0 aliphatic heterocycles. The normalized spacial score (nSPS) is 11.4.